The Morgan fingerprint density at radius 2 is 2.24 bits per heavy atom. The third-order valence-electron chi connectivity index (χ3n) is 3.67. The van der Waals surface area contributed by atoms with Crippen molar-refractivity contribution in [1.29, 1.82) is 0 Å². The molecule has 1 N–H and O–H groups in total. The predicted molar refractivity (Wildman–Crippen MR) is 78.0 cm³/mol. The Morgan fingerprint density at radius 3 is 2.90 bits per heavy atom. The fourth-order valence-corrected chi connectivity index (χ4v) is 4.14. The van der Waals surface area contributed by atoms with Crippen molar-refractivity contribution in [2.75, 3.05) is 27.2 Å². The van der Waals surface area contributed by atoms with Gasteiger partial charge in [-0.3, -0.25) is 0 Å². The molecule has 2 rings (SSSR count). The maximum absolute atomic E-state index is 14.0. The molecule has 1 aliphatic rings. The molecule has 0 aliphatic carbocycles. The molecule has 0 saturated carbocycles. The number of ether oxygens (including phenoxy) is 1. The van der Waals surface area contributed by atoms with Crippen molar-refractivity contribution < 1.29 is 17.5 Å². The summed E-state index contributed by atoms with van der Waals surface area (Å²) in [6.45, 7) is 1.16. The highest BCUT2D eigenvalue weighted by Gasteiger charge is 2.32. The Morgan fingerprint density at radius 1 is 1.48 bits per heavy atom. The molecule has 0 radical (unpaired) electrons. The van der Waals surface area contributed by atoms with Crippen LogP contribution in [0.25, 0.3) is 0 Å². The number of sulfonamides is 1. The van der Waals surface area contributed by atoms with Crippen LogP contribution in [0.3, 0.4) is 0 Å². The molecule has 0 bridgehead atoms. The Kier molecular flexibility index (Phi) is 5.32. The van der Waals surface area contributed by atoms with Gasteiger partial charge in [-0.05, 0) is 37.6 Å². The molecule has 1 saturated heterocycles. The number of nitrogens with zero attached hydrogens (tertiary/aromatic N) is 1. The summed E-state index contributed by atoms with van der Waals surface area (Å²) in [6.07, 6.45) is 1.41. The predicted octanol–water partition coefficient (Wildman–Crippen LogP) is 1.34. The Balaban J connectivity index is 2.32. The third-order valence-corrected chi connectivity index (χ3v) is 5.55. The van der Waals surface area contributed by atoms with Crippen LogP contribution in [0, 0.1) is 5.82 Å². The monoisotopic (exact) mass is 316 g/mol. The highest BCUT2D eigenvalue weighted by atomic mass is 32.2. The van der Waals surface area contributed by atoms with Gasteiger partial charge < -0.3 is 10.1 Å². The zero-order valence-electron chi connectivity index (χ0n) is 12.3. The molecule has 1 fully saturated rings. The fraction of sp³-hybridized carbons (Fsp3) is 0.571. The fourth-order valence-electron chi connectivity index (χ4n) is 2.51. The van der Waals surface area contributed by atoms with Crippen LogP contribution in [-0.4, -0.2) is 46.1 Å². The number of piperidine rings is 1. The molecule has 1 aromatic rings. The number of rotatable bonds is 5. The SMILES string of the molecule is CNCc1ccc(F)c(S(=O)(=O)N2CCCC(OC)C2)c1. The molecule has 0 aromatic heterocycles. The number of nitrogens with one attached hydrogen (secondary N) is 1. The zero-order valence-corrected chi connectivity index (χ0v) is 13.1. The van der Waals surface area contributed by atoms with Crippen molar-refractivity contribution in [3.05, 3.63) is 29.6 Å². The van der Waals surface area contributed by atoms with E-state index in [1.165, 1.54) is 16.4 Å². The average molecular weight is 316 g/mol. The molecule has 1 heterocycles. The first kappa shape index (κ1) is 16.4. The van der Waals surface area contributed by atoms with Crippen LogP contribution < -0.4 is 5.32 Å². The second-order valence-electron chi connectivity index (χ2n) is 5.16. The molecule has 118 valence electrons. The number of benzene rings is 1. The van der Waals surface area contributed by atoms with E-state index >= 15 is 0 Å². The highest BCUT2D eigenvalue weighted by molar-refractivity contribution is 7.89. The minimum absolute atomic E-state index is 0.128. The van der Waals surface area contributed by atoms with E-state index < -0.39 is 15.8 Å². The lowest BCUT2D eigenvalue weighted by atomic mass is 10.1. The van der Waals surface area contributed by atoms with Crippen molar-refractivity contribution in [2.24, 2.45) is 0 Å². The number of methoxy groups -OCH3 is 1. The van der Waals surface area contributed by atoms with Gasteiger partial charge in [0.15, 0.2) is 0 Å². The Bertz CT molecular complexity index is 592. The summed E-state index contributed by atoms with van der Waals surface area (Å²) in [5.74, 6) is -0.714. The molecule has 21 heavy (non-hydrogen) atoms. The van der Waals surface area contributed by atoms with Crippen LogP contribution in [0.5, 0.6) is 0 Å². The molecule has 1 unspecified atom stereocenters. The number of halogens is 1. The molecule has 7 heteroatoms. The lowest BCUT2D eigenvalue weighted by Gasteiger charge is -2.31. The van der Waals surface area contributed by atoms with Crippen LogP contribution in [-0.2, 0) is 21.3 Å². The summed E-state index contributed by atoms with van der Waals surface area (Å²) < 4.78 is 45.8. The average Bonchev–Trinajstić information content (AvgIpc) is 2.49. The Hall–Kier alpha value is -1.02. The van der Waals surface area contributed by atoms with Crippen molar-refractivity contribution in [3.8, 4) is 0 Å². The van der Waals surface area contributed by atoms with E-state index in [-0.39, 0.29) is 17.5 Å². The minimum Gasteiger partial charge on any atom is -0.380 e. The quantitative estimate of drug-likeness (QED) is 0.891. The molecule has 5 nitrogen and oxygen atoms in total. The molecule has 1 atom stereocenters. The first-order valence-corrected chi connectivity index (χ1v) is 8.39. The smallest absolute Gasteiger partial charge is 0.246 e. The van der Waals surface area contributed by atoms with Gasteiger partial charge in [0.2, 0.25) is 10.0 Å². The van der Waals surface area contributed by atoms with Gasteiger partial charge in [-0.2, -0.15) is 4.31 Å². The van der Waals surface area contributed by atoms with Gasteiger partial charge in [0, 0.05) is 26.7 Å². The van der Waals surface area contributed by atoms with Gasteiger partial charge in [-0.25, -0.2) is 12.8 Å². The van der Waals surface area contributed by atoms with E-state index in [9.17, 15) is 12.8 Å². The lowest BCUT2D eigenvalue weighted by molar-refractivity contribution is 0.0571. The summed E-state index contributed by atoms with van der Waals surface area (Å²) in [5.41, 5.74) is 0.734. The minimum atomic E-state index is -3.83. The summed E-state index contributed by atoms with van der Waals surface area (Å²) in [6, 6.07) is 4.19. The standard InChI is InChI=1S/C14H21FN2O3S/c1-16-9-11-5-6-13(15)14(8-11)21(18,19)17-7-3-4-12(10-17)20-2/h5-6,8,12,16H,3-4,7,9-10H2,1-2H3. The van der Waals surface area contributed by atoms with Crippen LogP contribution in [0.2, 0.25) is 0 Å². The molecular weight excluding hydrogens is 295 g/mol. The first-order chi connectivity index (χ1) is 9.98. The molecule has 1 aliphatic heterocycles. The number of hydrogen-bond acceptors (Lipinski definition) is 4. The van der Waals surface area contributed by atoms with E-state index in [1.54, 1.807) is 20.2 Å². The second kappa shape index (κ2) is 6.83. The maximum atomic E-state index is 14.0. The van der Waals surface area contributed by atoms with E-state index in [0.717, 1.165) is 18.4 Å². The topological polar surface area (TPSA) is 58.6 Å². The second-order valence-corrected chi connectivity index (χ2v) is 7.06. The van der Waals surface area contributed by atoms with Crippen molar-refractivity contribution in [3.63, 3.8) is 0 Å². The summed E-state index contributed by atoms with van der Waals surface area (Å²) in [4.78, 5) is -0.257. The normalized spacial score (nSPS) is 20.6. The Labute approximate surface area is 125 Å². The van der Waals surface area contributed by atoms with Crippen LogP contribution in [0.1, 0.15) is 18.4 Å². The van der Waals surface area contributed by atoms with Gasteiger partial charge >= 0.3 is 0 Å². The van der Waals surface area contributed by atoms with E-state index in [0.29, 0.717) is 13.1 Å². The van der Waals surface area contributed by atoms with Crippen molar-refractivity contribution >= 4 is 10.0 Å². The summed E-state index contributed by atoms with van der Waals surface area (Å²) in [7, 11) is -0.506. The molecule has 1 aromatic carbocycles. The van der Waals surface area contributed by atoms with Crippen LogP contribution in [0.15, 0.2) is 23.1 Å². The lowest BCUT2D eigenvalue weighted by Crippen LogP contribution is -2.43. The molecule has 0 spiro atoms. The largest absolute Gasteiger partial charge is 0.380 e. The maximum Gasteiger partial charge on any atom is 0.246 e. The van der Waals surface area contributed by atoms with Gasteiger partial charge in [0.25, 0.3) is 0 Å². The number of hydrogen-bond donors (Lipinski definition) is 1. The van der Waals surface area contributed by atoms with Crippen molar-refractivity contribution in [1.82, 2.24) is 9.62 Å². The van der Waals surface area contributed by atoms with E-state index in [1.807, 2.05) is 0 Å². The first-order valence-electron chi connectivity index (χ1n) is 6.95. The summed E-state index contributed by atoms with van der Waals surface area (Å²) >= 11 is 0. The van der Waals surface area contributed by atoms with E-state index in [2.05, 4.69) is 5.32 Å². The van der Waals surface area contributed by atoms with Crippen LogP contribution >= 0.6 is 0 Å². The van der Waals surface area contributed by atoms with Gasteiger partial charge in [0.05, 0.1) is 6.10 Å². The molecule has 0 amide bonds. The highest BCUT2D eigenvalue weighted by Crippen LogP contribution is 2.24. The third kappa shape index (κ3) is 3.60. The summed E-state index contributed by atoms with van der Waals surface area (Å²) in [5, 5.41) is 2.93. The van der Waals surface area contributed by atoms with Gasteiger partial charge in [-0.1, -0.05) is 6.07 Å². The van der Waals surface area contributed by atoms with Gasteiger partial charge in [-0.15, -0.1) is 0 Å². The van der Waals surface area contributed by atoms with Gasteiger partial charge in [0.1, 0.15) is 10.7 Å². The van der Waals surface area contributed by atoms with Crippen LogP contribution in [0.4, 0.5) is 4.39 Å². The molecular formula is C14H21FN2O3S. The zero-order chi connectivity index (χ0) is 15.5. The van der Waals surface area contributed by atoms with E-state index in [4.69, 9.17) is 4.74 Å². The van der Waals surface area contributed by atoms with Crippen molar-refractivity contribution in [2.45, 2.75) is 30.4 Å².